The fraction of sp³-hybridized carbons (Fsp3) is 0.250. The molecule has 1 saturated heterocycles. The Morgan fingerprint density at radius 1 is 0.907 bits per heavy atom. The Kier molecular flexibility index (Phi) is 6.39. The summed E-state index contributed by atoms with van der Waals surface area (Å²) in [6.07, 6.45) is 5.28. The zero-order valence-electron chi connectivity index (χ0n) is 22.4. The summed E-state index contributed by atoms with van der Waals surface area (Å²) < 4.78 is 10.8. The minimum absolute atomic E-state index is 0.0581. The third-order valence-corrected chi connectivity index (χ3v) is 9.17. The molecular formula is C32H23ClN2O8. The number of esters is 1. The van der Waals surface area contributed by atoms with Gasteiger partial charge in [0.15, 0.2) is 12.4 Å². The summed E-state index contributed by atoms with van der Waals surface area (Å²) >= 11 is 6.07. The number of ketones is 1. The maximum Gasteiger partial charge on any atom is 0.338 e. The van der Waals surface area contributed by atoms with Crippen LogP contribution in [-0.2, 0) is 14.3 Å². The smallest absolute Gasteiger partial charge is 0.338 e. The minimum Gasteiger partial charge on any atom is -0.454 e. The van der Waals surface area contributed by atoms with Crippen molar-refractivity contribution in [3.8, 4) is 11.5 Å². The predicted molar refractivity (Wildman–Crippen MR) is 153 cm³/mol. The van der Waals surface area contributed by atoms with Gasteiger partial charge in [0, 0.05) is 11.6 Å². The van der Waals surface area contributed by atoms with E-state index >= 15 is 0 Å². The molecule has 43 heavy (non-hydrogen) atoms. The summed E-state index contributed by atoms with van der Waals surface area (Å²) in [5.74, 6) is -1.17. The number of nitrogens with zero attached hydrogens (tertiary/aromatic N) is 2. The van der Waals surface area contributed by atoms with Crippen molar-refractivity contribution in [3.05, 3.63) is 105 Å². The molecular weight excluding hydrogens is 576 g/mol. The number of benzene rings is 3. The molecule has 3 fully saturated rings. The van der Waals surface area contributed by atoms with Crippen molar-refractivity contribution < 1.29 is 33.6 Å². The maximum atomic E-state index is 13.4. The SMILES string of the molecule is O=C(COC(=O)c1cccc(N2C(=O)[C@@H]3[C@H]4C=C[C@H]([C@H]5C[C@H]45)[C@@H]3C2=O)c1)c1ccc(Oc2c(Cl)cccc2[N+](=O)[O-])cc1. The molecule has 216 valence electrons. The first-order chi connectivity index (χ1) is 20.7. The number of hydrogen-bond donors (Lipinski definition) is 0. The van der Waals surface area contributed by atoms with Crippen molar-refractivity contribution in [2.75, 3.05) is 11.5 Å². The van der Waals surface area contributed by atoms with Crippen LogP contribution in [0.3, 0.4) is 0 Å². The Morgan fingerprint density at radius 3 is 2.21 bits per heavy atom. The van der Waals surface area contributed by atoms with Crippen LogP contribution in [0.4, 0.5) is 11.4 Å². The number of nitro benzene ring substituents is 1. The van der Waals surface area contributed by atoms with Crippen molar-refractivity contribution in [1.82, 2.24) is 0 Å². The largest absolute Gasteiger partial charge is 0.454 e. The lowest BCUT2D eigenvalue weighted by Crippen LogP contribution is -2.40. The Bertz CT molecular complexity index is 1720. The van der Waals surface area contributed by atoms with Gasteiger partial charge in [0.2, 0.25) is 17.6 Å². The van der Waals surface area contributed by atoms with Gasteiger partial charge in [-0.15, -0.1) is 0 Å². The molecule has 0 N–H and O–H groups in total. The first kappa shape index (κ1) is 27.0. The number of imide groups is 1. The van der Waals surface area contributed by atoms with Gasteiger partial charge in [-0.25, -0.2) is 9.69 Å². The predicted octanol–water partition coefficient (Wildman–Crippen LogP) is 5.64. The lowest BCUT2D eigenvalue weighted by molar-refractivity contribution is -0.385. The zero-order chi connectivity index (χ0) is 30.0. The highest BCUT2D eigenvalue weighted by atomic mass is 35.5. The molecule has 0 spiro atoms. The lowest BCUT2D eigenvalue weighted by atomic mass is 9.63. The van der Waals surface area contributed by atoms with Gasteiger partial charge >= 0.3 is 11.7 Å². The van der Waals surface area contributed by atoms with E-state index in [2.05, 4.69) is 12.2 Å². The molecule has 0 radical (unpaired) electrons. The average Bonchev–Trinajstić information content (AvgIpc) is 3.79. The highest BCUT2D eigenvalue weighted by Gasteiger charge is 2.67. The Hall–Kier alpha value is -4.83. The van der Waals surface area contributed by atoms with Crippen molar-refractivity contribution in [1.29, 1.82) is 0 Å². The summed E-state index contributed by atoms with van der Waals surface area (Å²) in [5, 5.41) is 11.3. The molecule has 2 bridgehead atoms. The van der Waals surface area contributed by atoms with E-state index in [1.165, 1.54) is 59.5 Å². The number of rotatable bonds is 8. The summed E-state index contributed by atoms with van der Waals surface area (Å²) in [4.78, 5) is 64.3. The molecule has 6 atom stereocenters. The number of anilines is 1. The second kappa shape index (κ2) is 10.2. The van der Waals surface area contributed by atoms with Gasteiger partial charge in [0.05, 0.1) is 33.0 Å². The highest BCUT2D eigenvalue weighted by molar-refractivity contribution is 6.32. The van der Waals surface area contributed by atoms with Gasteiger partial charge in [0.25, 0.3) is 0 Å². The summed E-state index contributed by atoms with van der Waals surface area (Å²) in [6.45, 7) is -0.553. The topological polar surface area (TPSA) is 133 Å². The van der Waals surface area contributed by atoms with E-state index in [1.54, 1.807) is 12.1 Å². The van der Waals surface area contributed by atoms with Crippen molar-refractivity contribution in [2.45, 2.75) is 6.42 Å². The highest BCUT2D eigenvalue weighted by Crippen LogP contribution is 2.65. The Labute approximate surface area is 250 Å². The van der Waals surface area contributed by atoms with Gasteiger partial charge in [-0.1, -0.05) is 35.9 Å². The summed E-state index contributed by atoms with van der Waals surface area (Å²) in [5.41, 5.74) is 0.336. The van der Waals surface area contributed by atoms with Gasteiger partial charge < -0.3 is 9.47 Å². The summed E-state index contributed by atoms with van der Waals surface area (Å²) in [6, 6.07) is 16.0. The van der Waals surface area contributed by atoms with Crippen LogP contribution in [0.25, 0.3) is 0 Å². The van der Waals surface area contributed by atoms with Crippen LogP contribution in [0.15, 0.2) is 78.9 Å². The van der Waals surface area contributed by atoms with Gasteiger partial charge in [-0.05, 0) is 78.6 Å². The molecule has 0 aromatic heterocycles. The summed E-state index contributed by atoms with van der Waals surface area (Å²) in [7, 11) is 0. The number of Topliss-reactive ketones (excluding diaryl/α,β-unsaturated/α-hetero) is 1. The number of carbonyl (C=O) groups is 4. The van der Waals surface area contributed by atoms with E-state index in [4.69, 9.17) is 21.1 Å². The molecule has 3 aromatic carbocycles. The number of carbonyl (C=O) groups excluding carboxylic acids is 4. The van der Waals surface area contributed by atoms with Gasteiger partial charge in [-0.2, -0.15) is 0 Å². The number of ether oxygens (including phenoxy) is 2. The normalized spacial score (nSPS) is 26.1. The number of halogens is 1. The van der Waals surface area contributed by atoms with E-state index in [9.17, 15) is 29.3 Å². The van der Waals surface area contributed by atoms with Crippen LogP contribution >= 0.6 is 11.6 Å². The quantitative estimate of drug-likeness (QED) is 0.0812. The minimum atomic E-state index is -0.777. The number of nitro groups is 1. The van der Waals surface area contributed by atoms with E-state index < -0.39 is 23.3 Å². The van der Waals surface area contributed by atoms with E-state index in [0.29, 0.717) is 17.5 Å². The molecule has 11 heteroatoms. The molecule has 5 aliphatic rings. The third kappa shape index (κ3) is 4.49. The number of allylic oxidation sites excluding steroid dienone is 2. The second-order valence-electron chi connectivity index (χ2n) is 11.2. The molecule has 4 aliphatic carbocycles. The fourth-order valence-corrected chi connectivity index (χ4v) is 7.06. The third-order valence-electron chi connectivity index (χ3n) is 8.88. The fourth-order valence-electron chi connectivity index (χ4n) is 6.85. The lowest BCUT2D eigenvalue weighted by Gasteiger charge is -2.37. The van der Waals surface area contributed by atoms with Crippen LogP contribution < -0.4 is 9.64 Å². The molecule has 2 amide bonds. The first-order valence-corrected chi connectivity index (χ1v) is 14.2. The molecule has 8 rings (SSSR count). The molecule has 0 unspecified atom stereocenters. The molecule has 1 heterocycles. The zero-order valence-corrected chi connectivity index (χ0v) is 23.2. The molecule has 10 nitrogen and oxygen atoms in total. The van der Waals surface area contributed by atoms with E-state index in [1.807, 2.05) is 0 Å². The number of hydrogen-bond acceptors (Lipinski definition) is 8. The average molecular weight is 599 g/mol. The van der Waals surface area contributed by atoms with Gasteiger partial charge in [0.1, 0.15) is 5.75 Å². The first-order valence-electron chi connectivity index (χ1n) is 13.8. The number of para-hydroxylation sites is 1. The van der Waals surface area contributed by atoms with Crippen LogP contribution in [0.1, 0.15) is 27.1 Å². The van der Waals surface area contributed by atoms with Gasteiger partial charge in [-0.3, -0.25) is 24.5 Å². The van der Waals surface area contributed by atoms with Crippen molar-refractivity contribution >= 4 is 46.5 Å². The van der Waals surface area contributed by atoms with E-state index in [0.717, 1.165) is 6.42 Å². The van der Waals surface area contributed by atoms with Crippen molar-refractivity contribution in [2.24, 2.45) is 35.5 Å². The van der Waals surface area contributed by atoms with Crippen LogP contribution in [0.5, 0.6) is 11.5 Å². The standard InChI is InChI=1S/C32H23ClN2O8/c33-24-5-2-6-25(35(40)41)29(24)43-19-9-7-16(8-10-19)26(36)15-42-32(39)17-3-1-4-18(13-17)34-30(37)27-20-11-12-21(23-14-22(20)23)28(27)31(34)38/h1-13,20-23,27-28H,14-15H2/t20-,21+,22-,23-,27+,28-/m1/s1. The Morgan fingerprint density at radius 2 is 1.56 bits per heavy atom. The molecule has 2 saturated carbocycles. The van der Waals surface area contributed by atoms with Crippen LogP contribution in [-0.4, -0.2) is 35.1 Å². The molecule has 3 aromatic rings. The Balaban J connectivity index is 0.999. The van der Waals surface area contributed by atoms with E-state index in [-0.39, 0.29) is 68.8 Å². The second-order valence-corrected chi connectivity index (χ2v) is 11.6. The van der Waals surface area contributed by atoms with Crippen molar-refractivity contribution in [3.63, 3.8) is 0 Å². The van der Waals surface area contributed by atoms with Crippen LogP contribution in [0, 0.1) is 45.6 Å². The monoisotopic (exact) mass is 598 g/mol. The van der Waals surface area contributed by atoms with Crippen LogP contribution in [0.2, 0.25) is 5.02 Å². The maximum absolute atomic E-state index is 13.4. The number of amides is 2. The molecule has 1 aliphatic heterocycles.